The van der Waals surface area contributed by atoms with Gasteiger partial charge in [-0.15, -0.1) is 0 Å². The Labute approximate surface area is 730 Å². The van der Waals surface area contributed by atoms with Crippen molar-refractivity contribution in [1.29, 1.82) is 0 Å². The minimum absolute atomic E-state index is 0.0157. The van der Waals surface area contributed by atoms with Gasteiger partial charge >= 0.3 is 31.4 Å². The molecule has 0 bridgehead atoms. The van der Waals surface area contributed by atoms with Crippen LogP contribution < -0.4 is 16.4 Å². The van der Waals surface area contributed by atoms with E-state index in [9.17, 15) is 28.0 Å². The number of fused-ring (bicyclic) bond motifs is 5. The summed E-state index contributed by atoms with van der Waals surface area (Å²) in [5, 5.41) is 28.2. The van der Waals surface area contributed by atoms with Crippen LogP contribution in [0.5, 0.6) is 0 Å². The van der Waals surface area contributed by atoms with Gasteiger partial charge in [-0.1, -0.05) is 35.4 Å². The molecule has 0 radical (unpaired) electrons. The first-order valence-electron chi connectivity index (χ1n) is 41.3. The molecule has 18 rings (SSSR count). The van der Waals surface area contributed by atoms with Gasteiger partial charge in [0, 0.05) is 110 Å². The molecule has 5 amide bonds. The monoisotopic (exact) mass is 1830 g/mol. The number of anilines is 2. The summed E-state index contributed by atoms with van der Waals surface area (Å²) >= 11 is 13.4. The van der Waals surface area contributed by atoms with Gasteiger partial charge < -0.3 is 83.2 Å². The third kappa shape index (κ3) is 24.4. The van der Waals surface area contributed by atoms with Crippen LogP contribution in [0.15, 0.2) is 85.0 Å². The van der Waals surface area contributed by atoms with Crippen molar-refractivity contribution < 1.29 is 75.2 Å². The van der Waals surface area contributed by atoms with E-state index in [-0.39, 0.29) is 52.7 Å². The summed E-state index contributed by atoms with van der Waals surface area (Å²) in [5.41, 5.74) is 17.2. The molecule has 37 heteroatoms. The number of ether oxygens (including phenoxy) is 8. The average Bonchev–Trinajstić information content (AvgIpc) is 1.62. The zero-order valence-corrected chi connectivity index (χ0v) is 75.2. The molecular formula is C84H115BCl2F2IN17O14. The van der Waals surface area contributed by atoms with Crippen LogP contribution in [0.25, 0.3) is 5.57 Å². The first-order valence-corrected chi connectivity index (χ1v) is 43.1. The number of hydrogen-bond donors (Lipinski definition) is 3. The van der Waals surface area contributed by atoms with Crippen molar-refractivity contribution in [2.24, 2.45) is 0 Å². The molecule has 16 heterocycles. The van der Waals surface area contributed by atoms with Crippen LogP contribution in [0, 0.1) is 15.2 Å². The smallest absolute Gasteiger partial charge is 0.444 e. The molecule has 0 spiro atoms. The lowest BCUT2D eigenvalue weighted by atomic mass is 9.79. The Balaban J connectivity index is 0.000000131. The summed E-state index contributed by atoms with van der Waals surface area (Å²) in [4.78, 5) is 55.9. The third-order valence-electron chi connectivity index (χ3n) is 22.1. The number of amides is 5. The fourth-order valence-electron chi connectivity index (χ4n) is 14.9. The zero-order valence-electron chi connectivity index (χ0n) is 71.6. The average molecular weight is 1830 g/mol. The van der Waals surface area contributed by atoms with E-state index in [2.05, 4.69) is 97.2 Å². The largest absolute Gasteiger partial charge is 0.492 e. The van der Waals surface area contributed by atoms with Crippen molar-refractivity contribution in [2.75, 3.05) is 110 Å². The summed E-state index contributed by atoms with van der Waals surface area (Å²) in [6.07, 6.45) is 16.1. The number of aromatic nitrogens is 10. The molecule has 31 nitrogen and oxygen atoms in total. The van der Waals surface area contributed by atoms with Crippen LogP contribution >= 0.6 is 45.8 Å². The number of nitrogen functional groups attached to an aromatic ring is 1. The van der Waals surface area contributed by atoms with Gasteiger partial charge in [0.15, 0.2) is 0 Å². The molecule has 11 aliphatic heterocycles. The lowest BCUT2D eigenvalue weighted by Gasteiger charge is -2.32. The minimum Gasteiger partial charge on any atom is -0.444 e. The second kappa shape index (κ2) is 40.2. The third-order valence-corrected chi connectivity index (χ3v) is 23.6. The molecule has 4 saturated heterocycles. The number of urea groups is 1. The molecule has 3 atom stereocenters. The molecule has 0 aliphatic carbocycles. The first-order chi connectivity index (χ1) is 57.4. The lowest BCUT2D eigenvalue weighted by Crippen LogP contribution is -2.41. The normalized spacial score (nSPS) is 20.5. The lowest BCUT2D eigenvalue weighted by molar-refractivity contribution is 0.00578. The summed E-state index contributed by atoms with van der Waals surface area (Å²) in [7, 11) is -0.220. The number of benzene rings is 2. The van der Waals surface area contributed by atoms with Crippen LogP contribution in [-0.2, 0) is 113 Å². The number of halogens is 5. The molecule has 11 aliphatic rings. The molecule has 3 unspecified atom stereocenters. The van der Waals surface area contributed by atoms with Gasteiger partial charge in [-0.25, -0.2) is 28.0 Å². The van der Waals surface area contributed by atoms with Gasteiger partial charge in [0.2, 0.25) is 0 Å². The summed E-state index contributed by atoms with van der Waals surface area (Å²) in [6, 6.07) is 7.97. The van der Waals surface area contributed by atoms with Gasteiger partial charge in [0.25, 0.3) is 0 Å². The van der Waals surface area contributed by atoms with E-state index in [0.29, 0.717) is 128 Å². The van der Waals surface area contributed by atoms with Crippen LogP contribution in [0.4, 0.5) is 39.3 Å². The molecule has 0 saturated carbocycles. The van der Waals surface area contributed by atoms with Crippen LogP contribution in [0.1, 0.15) is 178 Å². The van der Waals surface area contributed by atoms with E-state index in [1.807, 2.05) is 118 Å². The van der Waals surface area contributed by atoms with Crippen molar-refractivity contribution in [3.05, 3.63) is 161 Å². The predicted molar refractivity (Wildman–Crippen MR) is 460 cm³/mol. The zero-order chi connectivity index (χ0) is 86.7. The Morgan fingerprint density at radius 3 is 1.40 bits per heavy atom. The number of carbonyl (C=O) groups is 4. The van der Waals surface area contributed by atoms with Crippen molar-refractivity contribution >= 4 is 94.2 Å². The van der Waals surface area contributed by atoms with Crippen LogP contribution in [0.2, 0.25) is 10.0 Å². The van der Waals surface area contributed by atoms with Crippen LogP contribution in [-0.4, -0.2) is 227 Å². The Kier molecular flexibility index (Phi) is 30.5. The number of nitrogens with two attached hydrogens (primary N) is 1. The number of carbonyl (C=O) groups excluding carboxylic acids is 4. The van der Waals surface area contributed by atoms with E-state index in [1.54, 1.807) is 19.6 Å². The van der Waals surface area contributed by atoms with Crippen molar-refractivity contribution in [3.63, 3.8) is 0 Å². The molecule has 4 fully saturated rings. The quantitative estimate of drug-likeness (QED) is 0.0603. The van der Waals surface area contributed by atoms with Crippen molar-refractivity contribution in [1.82, 2.24) is 73.8 Å². The second-order valence-electron chi connectivity index (χ2n) is 35.0. The highest BCUT2D eigenvalue weighted by Crippen LogP contribution is 2.40. The molecule has 4 N–H and O–H groups in total. The van der Waals surface area contributed by atoms with Gasteiger partial charge in [0.1, 0.15) is 28.4 Å². The highest BCUT2D eigenvalue weighted by molar-refractivity contribution is 14.1. The maximum absolute atomic E-state index is 13.2. The van der Waals surface area contributed by atoms with E-state index in [0.717, 1.165) is 128 Å². The molecule has 7 aromatic rings. The Morgan fingerprint density at radius 2 is 0.950 bits per heavy atom. The van der Waals surface area contributed by atoms with Gasteiger partial charge in [-0.2, -0.15) is 25.5 Å². The van der Waals surface area contributed by atoms with Crippen molar-refractivity contribution in [2.45, 2.75) is 220 Å². The first kappa shape index (κ1) is 92.0. The summed E-state index contributed by atoms with van der Waals surface area (Å²) < 4.78 is 91.7. The highest BCUT2D eigenvalue weighted by Gasteiger charge is 2.53. The molecule has 658 valence electrons. The summed E-state index contributed by atoms with van der Waals surface area (Å²) in [5.74, 6) is 0.393. The van der Waals surface area contributed by atoms with Crippen LogP contribution in [0.3, 0.4) is 0 Å². The van der Waals surface area contributed by atoms with E-state index >= 15 is 0 Å². The van der Waals surface area contributed by atoms with E-state index < -0.39 is 28.4 Å². The fraction of sp³-hybridized carbons (Fsp3) is 0.583. The minimum atomic E-state index is -0.509. The SMILES string of the molecule is CC(C)(C)OC(=O)N1CCn2ncc(C3=CCOC3)c2C1.CC(C)(C)OC(=O)N1CCn2ncc(C3CCOC3)c2C1.CC(C)(C)OC(=O)N1CCn2ncc(I)c2C1.CC1(C)OB(C2=CCOC2)OC1(C)C.Nc1ccc(F)c(Cl)c1.O=C(Nc1ccc(F)c(Cl)c1)N1CCn2ncc(C3CCOC3)c2C1.c1nn2c(c1C1CCOC1)CNCC2. The topological polar surface area (TPSA) is 313 Å². The van der Waals surface area contributed by atoms with Gasteiger partial charge in [-0.3, -0.25) is 23.4 Å². The number of nitrogens with one attached hydrogen (secondary N) is 2. The number of nitrogens with zero attached hydrogens (tertiary/aromatic N) is 14. The second-order valence-corrected chi connectivity index (χ2v) is 37.0. The predicted octanol–water partition coefficient (Wildman–Crippen LogP) is 13.8. The maximum atomic E-state index is 13.2. The van der Waals surface area contributed by atoms with Crippen molar-refractivity contribution in [3.8, 4) is 0 Å². The van der Waals surface area contributed by atoms with E-state index in [4.69, 9.17) is 76.1 Å². The van der Waals surface area contributed by atoms with Gasteiger partial charge in [-0.05, 0) is 179 Å². The molecular weight excluding hydrogens is 1720 g/mol. The highest BCUT2D eigenvalue weighted by atomic mass is 127. The molecule has 2 aromatic carbocycles. The van der Waals surface area contributed by atoms with E-state index in [1.165, 1.54) is 58.8 Å². The Hall–Kier alpha value is -8.24. The number of hydrogen-bond acceptors (Lipinski definition) is 21. The van der Waals surface area contributed by atoms with Gasteiger partial charge in [0.05, 0.1) is 189 Å². The summed E-state index contributed by atoms with van der Waals surface area (Å²) in [6.45, 7) is 43.0. The molecule has 5 aromatic heterocycles. The maximum Gasteiger partial charge on any atom is 0.492 e. The Bertz CT molecular complexity index is 4780. The fourth-order valence-corrected chi connectivity index (χ4v) is 15.8. The Morgan fingerprint density at radius 1 is 0.529 bits per heavy atom. The standard InChI is InChI=1S/C17H18ClFN4O2.C15H23N3O3.C15H21N3O3.C11H16IN3O2.C10H17BO3.C10H15N3O.C6H5ClFN/c18-14-7-12(1-2-15(14)19)21-17(24)22-4-5-23-16(9-22)13(8-20-23)11-3-6-25-10-11;2*1-15(2,3)21-14(19)17-5-6-18-13(9-17)12(8-16-18)11-4-7-20-10-11;1-11(2,3)17-10(16)14-4-5-15-9(7-14)8(12)6-13-15;1-9(2)10(3,4)14-11(13-9)8-5-6-12-7-8;1-4-14-7-8(1)9-5-12-13-3-2-11-6-10(9)13;7-5-3-4(9)1-2-6(5)8/h1-2,7-8,11H,3-6,9-10H2,(H,21,24);8,11H,4-7,9-10H2,1-3H3;4,8H,5-7,9-10H2,1-3H3;6H,4-5,7H2,1-3H3;5H,6-7H2,1-4H3;5,8,11H,1-4,6-7H2;1-3H,9H2. The molecule has 121 heavy (non-hydrogen) atoms. The number of rotatable bonds is 6.